The fourth-order valence-corrected chi connectivity index (χ4v) is 3.75. The van der Waals surface area contributed by atoms with Crippen LogP contribution in [0.3, 0.4) is 0 Å². The van der Waals surface area contributed by atoms with Gasteiger partial charge in [0.1, 0.15) is 0 Å². The van der Waals surface area contributed by atoms with E-state index in [9.17, 15) is 0 Å². The van der Waals surface area contributed by atoms with Gasteiger partial charge in [-0.05, 0) is 50.8 Å². The predicted molar refractivity (Wildman–Crippen MR) is 106 cm³/mol. The first kappa shape index (κ1) is 17.8. The Morgan fingerprint density at radius 2 is 2.12 bits per heavy atom. The van der Waals surface area contributed by atoms with Crippen molar-refractivity contribution >= 4 is 28.1 Å². The van der Waals surface area contributed by atoms with E-state index in [0.29, 0.717) is 0 Å². The van der Waals surface area contributed by atoms with Crippen LogP contribution in [-0.4, -0.2) is 23.1 Å². The third-order valence-electron chi connectivity index (χ3n) is 4.67. The molecule has 0 spiro atoms. The molecule has 1 atom stereocenters. The van der Waals surface area contributed by atoms with Crippen LogP contribution in [0.4, 0.5) is 0 Å². The van der Waals surface area contributed by atoms with E-state index >= 15 is 0 Å². The van der Waals surface area contributed by atoms with Crippen molar-refractivity contribution in [3.05, 3.63) is 53.9 Å². The summed E-state index contributed by atoms with van der Waals surface area (Å²) in [4.78, 5) is 11.2. The molecular weight excluding hydrogens is 330 g/mol. The van der Waals surface area contributed by atoms with Gasteiger partial charge in [0.15, 0.2) is 0 Å². The Kier molecular flexibility index (Phi) is 5.35. The Balaban J connectivity index is 2.12. The smallest absolute Gasteiger partial charge is 0.0919 e. The van der Waals surface area contributed by atoms with E-state index in [1.165, 1.54) is 0 Å². The number of pyridine rings is 1. The minimum absolute atomic E-state index is 0.0819. The number of nitrogens with zero attached hydrogens (tertiary/aromatic N) is 1. The Hall–Kier alpha value is -1.98. The first-order valence-corrected chi connectivity index (χ1v) is 9.18. The van der Waals surface area contributed by atoms with Crippen LogP contribution in [0.25, 0.3) is 10.9 Å². The number of fused-ring (bicyclic) bond motifs is 1. The van der Waals surface area contributed by atoms with Crippen LogP contribution < -0.4 is 10.8 Å². The highest BCUT2D eigenvalue weighted by atomic mass is 32.1. The highest BCUT2D eigenvalue weighted by Crippen LogP contribution is 2.41. The van der Waals surface area contributed by atoms with Crippen LogP contribution >= 0.6 is 12.2 Å². The molecule has 0 fully saturated rings. The van der Waals surface area contributed by atoms with Crippen molar-refractivity contribution in [1.82, 2.24) is 15.8 Å². The van der Waals surface area contributed by atoms with Crippen molar-refractivity contribution in [2.45, 2.75) is 44.6 Å². The lowest BCUT2D eigenvalue weighted by molar-refractivity contribution is 0.00717. The molecule has 1 aliphatic carbocycles. The molecule has 132 valence electrons. The van der Waals surface area contributed by atoms with Crippen molar-refractivity contribution in [3.63, 3.8) is 0 Å². The quantitative estimate of drug-likeness (QED) is 0.627. The van der Waals surface area contributed by atoms with Crippen LogP contribution in [0.1, 0.15) is 38.7 Å². The average Bonchev–Trinajstić information content (AvgIpc) is 2.65. The van der Waals surface area contributed by atoms with Gasteiger partial charge in [0, 0.05) is 18.6 Å². The van der Waals surface area contributed by atoms with E-state index in [4.69, 9.17) is 17.1 Å². The second kappa shape index (κ2) is 7.50. The summed E-state index contributed by atoms with van der Waals surface area (Å²) in [6, 6.07) is 10.4. The van der Waals surface area contributed by atoms with E-state index in [1.54, 1.807) is 0 Å². The molecule has 3 rings (SSSR count). The molecule has 5 heteroatoms. The van der Waals surface area contributed by atoms with Crippen LogP contribution in [0.5, 0.6) is 0 Å². The molecule has 0 radical (unpaired) electrons. The number of hydroxylamine groups is 1. The van der Waals surface area contributed by atoms with E-state index < -0.39 is 5.41 Å². The number of para-hydroxylation sites is 1. The second-order valence-corrected chi connectivity index (χ2v) is 7.09. The number of hydrogen-bond donors (Lipinski definition) is 2. The summed E-state index contributed by atoms with van der Waals surface area (Å²) < 4.78 is 0. The summed E-state index contributed by atoms with van der Waals surface area (Å²) >= 11 is 5.77. The number of hydrogen-bond acceptors (Lipinski definition) is 4. The summed E-state index contributed by atoms with van der Waals surface area (Å²) in [5.41, 5.74) is 5.83. The van der Waals surface area contributed by atoms with Crippen LogP contribution in [0, 0.1) is 0 Å². The normalized spacial score (nSPS) is 20.4. The maximum Gasteiger partial charge on any atom is 0.0919 e. The minimum atomic E-state index is -0.436. The molecule has 1 aromatic carbocycles. The van der Waals surface area contributed by atoms with Gasteiger partial charge in [-0.2, -0.15) is 0 Å². The molecular formula is C20H25N3OS. The Morgan fingerprint density at radius 3 is 2.88 bits per heavy atom. The lowest BCUT2D eigenvalue weighted by Gasteiger charge is -2.39. The Morgan fingerprint density at radius 1 is 1.32 bits per heavy atom. The first-order valence-electron chi connectivity index (χ1n) is 8.77. The van der Waals surface area contributed by atoms with Gasteiger partial charge >= 0.3 is 0 Å². The van der Waals surface area contributed by atoms with Crippen molar-refractivity contribution in [2.24, 2.45) is 0 Å². The van der Waals surface area contributed by atoms with Crippen LogP contribution in [0.15, 0.2) is 48.3 Å². The van der Waals surface area contributed by atoms with Crippen molar-refractivity contribution in [1.29, 1.82) is 0 Å². The maximum atomic E-state index is 5.77. The summed E-state index contributed by atoms with van der Waals surface area (Å²) in [6.07, 6.45) is 7.23. The van der Waals surface area contributed by atoms with Gasteiger partial charge < -0.3 is 5.32 Å². The van der Waals surface area contributed by atoms with Crippen LogP contribution in [0.2, 0.25) is 0 Å². The zero-order valence-electron chi connectivity index (χ0n) is 15.0. The lowest BCUT2D eigenvalue weighted by Crippen LogP contribution is -2.48. The van der Waals surface area contributed by atoms with Gasteiger partial charge in [0.05, 0.1) is 27.7 Å². The summed E-state index contributed by atoms with van der Waals surface area (Å²) in [6.45, 7) is 4.01. The van der Waals surface area contributed by atoms with E-state index in [0.717, 1.165) is 46.4 Å². The standard InChI is InChI=1S/C20H25N3OS/c1-14(2)24-23-18-10-6-7-11-20(18,19(25)21-3)16-12-15-8-4-5-9-17(15)22-13-16/h4-5,8-10,12-14,23H,6-7,11H2,1-3H3,(H,21,25). The highest BCUT2D eigenvalue weighted by molar-refractivity contribution is 7.80. The molecule has 1 unspecified atom stereocenters. The molecule has 2 aromatic rings. The number of thiocarbonyl (C=S) groups is 1. The number of benzene rings is 1. The molecule has 2 N–H and O–H groups in total. The SMILES string of the molecule is CNC(=S)C1(c2cnc3ccccc3c2)CCCC=C1NOC(C)C. The third kappa shape index (κ3) is 3.39. The number of nitrogens with one attached hydrogen (secondary N) is 2. The number of rotatable bonds is 5. The number of aromatic nitrogens is 1. The number of allylic oxidation sites excluding steroid dienone is 1. The lowest BCUT2D eigenvalue weighted by atomic mass is 9.71. The van der Waals surface area contributed by atoms with Gasteiger partial charge in [-0.15, -0.1) is 0 Å². The molecule has 0 bridgehead atoms. The van der Waals surface area contributed by atoms with Crippen LogP contribution in [-0.2, 0) is 10.3 Å². The largest absolute Gasteiger partial charge is 0.382 e. The topological polar surface area (TPSA) is 46.2 Å². The van der Waals surface area contributed by atoms with Gasteiger partial charge in [-0.1, -0.05) is 36.5 Å². The maximum absolute atomic E-state index is 5.77. The molecule has 1 aromatic heterocycles. The summed E-state index contributed by atoms with van der Waals surface area (Å²) in [5, 5.41) is 4.33. The third-order valence-corrected chi connectivity index (χ3v) is 5.22. The molecule has 0 aliphatic heterocycles. The average molecular weight is 356 g/mol. The molecule has 1 heterocycles. The van der Waals surface area contributed by atoms with Gasteiger partial charge in [0.2, 0.25) is 0 Å². The molecule has 4 nitrogen and oxygen atoms in total. The molecule has 0 saturated heterocycles. The second-order valence-electron chi connectivity index (χ2n) is 6.68. The van der Waals surface area contributed by atoms with Gasteiger partial charge in [-0.3, -0.25) is 15.3 Å². The molecule has 0 saturated carbocycles. The summed E-state index contributed by atoms with van der Waals surface area (Å²) in [7, 11) is 1.88. The fraction of sp³-hybridized carbons (Fsp3) is 0.400. The predicted octanol–water partition coefficient (Wildman–Crippen LogP) is 4.02. The zero-order chi connectivity index (χ0) is 17.9. The first-order chi connectivity index (χ1) is 12.1. The van der Waals surface area contributed by atoms with Gasteiger partial charge in [0.25, 0.3) is 0 Å². The Bertz CT molecular complexity index is 802. The summed E-state index contributed by atoms with van der Waals surface area (Å²) in [5.74, 6) is 0. The molecule has 1 aliphatic rings. The minimum Gasteiger partial charge on any atom is -0.382 e. The van der Waals surface area contributed by atoms with E-state index in [-0.39, 0.29) is 6.10 Å². The molecule has 25 heavy (non-hydrogen) atoms. The fourth-order valence-electron chi connectivity index (χ4n) is 3.42. The monoisotopic (exact) mass is 355 g/mol. The van der Waals surface area contributed by atoms with E-state index in [1.807, 2.05) is 45.3 Å². The van der Waals surface area contributed by atoms with Gasteiger partial charge in [-0.25, -0.2) is 0 Å². The Labute approximate surface area is 154 Å². The van der Waals surface area contributed by atoms with E-state index in [2.05, 4.69) is 34.0 Å². The molecule has 0 amide bonds. The van der Waals surface area contributed by atoms with Crippen molar-refractivity contribution < 1.29 is 4.84 Å². The zero-order valence-corrected chi connectivity index (χ0v) is 15.8. The van der Waals surface area contributed by atoms with Crippen molar-refractivity contribution in [2.75, 3.05) is 7.05 Å². The highest BCUT2D eigenvalue weighted by Gasteiger charge is 2.42. The number of likely N-dealkylation sites (N-methyl/N-ethyl adjacent to an activating group) is 1. The van der Waals surface area contributed by atoms with Crippen molar-refractivity contribution in [3.8, 4) is 0 Å².